The van der Waals surface area contributed by atoms with Crippen molar-refractivity contribution in [2.45, 2.75) is 44.0 Å². The molecular weight excluding hydrogens is 533 g/mol. The summed E-state index contributed by atoms with van der Waals surface area (Å²) < 4.78 is 41.7. The Labute approximate surface area is 227 Å². The second-order valence-corrected chi connectivity index (χ2v) is 10.2. The van der Waals surface area contributed by atoms with Crippen molar-refractivity contribution in [2.75, 3.05) is 25.0 Å². The van der Waals surface area contributed by atoms with E-state index in [4.69, 9.17) is 11.6 Å². The third kappa shape index (κ3) is 6.10. The van der Waals surface area contributed by atoms with Gasteiger partial charge in [0.1, 0.15) is 0 Å². The van der Waals surface area contributed by atoms with Crippen molar-refractivity contribution in [3.8, 4) is 0 Å². The molecule has 0 aliphatic carbocycles. The van der Waals surface area contributed by atoms with Crippen LogP contribution in [0.1, 0.15) is 36.8 Å². The lowest BCUT2D eigenvalue weighted by Crippen LogP contribution is -2.43. The van der Waals surface area contributed by atoms with Gasteiger partial charge in [0.15, 0.2) is 11.2 Å². The number of anilines is 2. The van der Waals surface area contributed by atoms with Crippen molar-refractivity contribution in [3.05, 3.63) is 81.4 Å². The summed E-state index contributed by atoms with van der Waals surface area (Å²) in [6.07, 6.45) is -0.622. The number of alkyl halides is 3. The molecule has 39 heavy (non-hydrogen) atoms. The number of aromatic amines is 1. The molecule has 3 heterocycles. The Morgan fingerprint density at radius 1 is 1.08 bits per heavy atom. The van der Waals surface area contributed by atoms with Gasteiger partial charge in [-0.3, -0.25) is 9.78 Å². The molecule has 4 aromatic rings. The Bertz CT molecular complexity index is 1500. The Balaban J connectivity index is 1.15. The fourth-order valence-corrected chi connectivity index (χ4v) is 5.14. The normalized spacial score (nSPS) is 16.0. The summed E-state index contributed by atoms with van der Waals surface area (Å²) >= 11 is 5.74. The Hall–Kier alpha value is -3.41. The van der Waals surface area contributed by atoms with Gasteiger partial charge in [0.2, 0.25) is 5.95 Å². The summed E-state index contributed by atoms with van der Waals surface area (Å²) in [6.45, 7) is 2.55. The third-order valence-corrected chi connectivity index (χ3v) is 7.46. The van der Waals surface area contributed by atoms with Crippen LogP contribution in [-0.4, -0.2) is 49.2 Å². The minimum atomic E-state index is -4.58. The average molecular weight is 561 g/mol. The van der Waals surface area contributed by atoms with Crippen LogP contribution in [0, 0.1) is 0 Å². The fraction of sp³-hybridized carbons (Fsp3) is 0.370. The number of para-hydroxylation sites is 1. The van der Waals surface area contributed by atoms with Crippen LogP contribution < -0.4 is 10.9 Å². The number of likely N-dealkylation sites (tertiary alicyclic amines) is 1. The van der Waals surface area contributed by atoms with Crippen molar-refractivity contribution in [1.82, 2.24) is 24.4 Å². The lowest BCUT2D eigenvalue weighted by molar-refractivity contribution is -0.137. The molecule has 1 aliphatic rings. The van der Waals surface area contributed by atoms with Gasteiger partial charge >= 0.3 is 6.18 Å². The van der Waals surface area contributed by atoms with Gasteiger partial charge in [0.25, 0.3) is 5.56 Å². The van der Waals surface area contributed by atoms with Gasteiger partial charge in [-0.2, -0.15) is 18.2 Å². The van der Waals surface area contributed by atoms with Gasteiger partial charge in [-0.25, -0.2) is 4.98 Å². The molecule has 0 amide bonds. The Kier molecular flexibility index (Phi) is 7.66. The van der Waals surface area contributed by atoms with E-state index in [-0.39, 0.29) is 21.7 Å². The minimum absolute atomic E-state index is 0.245. The zero-order valence-electron chi connectivity index (χ0n) is 21.0. The van der Waals surface area contributed by atoms with E-state index in [1.807, 2.05) is 34.9 Å². The van der Waals surface area contributed by atoms with E-state index in [1.54, 1.807) is 6.33 Å². The summed E-state index contributed by atoms with van der Waals surface area (Å²) in [6, 6.07) is 13.1. The summed E-state index contributed by atoms with van der Waals surface area (Å²) in [4.78, 5) is 26.2. The van der Waals surface area contributed by atoms with E-state index >= 15 is 0 Å². The second-order valence-electron chi connectivity index (χ2n) is 9.79. The quantitative estimate of drug-likeness (QED) is 0.253. The smallest absolute Gasteiger partial charge is 0.385 e. The predicted molar refractivity (Wildman–Crippen MR) is 143 cm³/mol. The summed E-state index contributed by atoms with van der Waals surface area (Å²) in [5.41, 5.74) is -0.738. The van der Waals surface area contributed by atoms with Crippen molar-refractivity contribution in [1.29, 1.82) is 0 Å². The first-order valence-electron chi connectivity index (χ1n) is 12.7. The summed E-state index contributed by atoms with van der Waals surface area (Å²) in [5.74, 6) is 0.337. The number of unbranched alkanes of at least 4 members (excludes halogenated alkanes) is 1. The molecule has 1 aliphatic heterocycles. The number of piperidine rings is 1. The summed E-state index contributed by atoms with van der Waals surface area (Å²) in [5, 5.41) is 13.8. The molecule has 0 unspecified atom stereocenters. The van der Waals surface area contributed by atoms with Crippen LogP contribution in [0.25, 0.3) is 11.2 Å². The average Bonchev–Trinajstić information content (AvgIpc) is 3.31. The number of benzene rings is 2. The molecule has 1 fully saturated rings. The third-order valence-electron chi connectivity index (χ3n) is 7.13. The number of hydrogen-bond donors (Lipinski definition) is 3. The molecule has 206 valence electrons. The molecule has 0 bridgehead atoms. The van der Waals surface area contributed by atoms with Gasteiger partial charge < -0.3 is 19.9 Å². The van der Waals surface area contributed by atoms with Crippen molar-refractivity contribution >= 4 is 34.4 Å². The standard InChI is InChI=1S/C27H28ClF3N6O2/c28-21-9-8-18(16-20(21)27(29,30)31)26(39)10-14-36(15-11-26)12-4-5-13-37-17-32-22-23(37)34-25(35-24(22)38)33-19-6-2-1-3-7-19/h1-3,6-9,16-17,39H,4-5,10-15H2,(H2,33,34,35,38). The van der Waals surface area contributed by atoms with E-state index in [0.29, 0.717) is 44.1 Å². The molecular formula is C27H28ClF3N6O2. The molecule has 2 aromatic heterocycles. The van der Waals surface area contributed by atoms with Crippen LogP contribution in [0.15, 0.2) is 59.7 Å². The maximum Gasteiger partial charge on any atom is 0.417 e. The molecule has 5 rings (SSSR count). The van der Waals surface area contributed by atoms with Crippen LogP contribution >= 0.6 is 11.6 Å². The number of halogens is 4. The zero-order chi connectivity index (χ0) is 27.6. The van der Waals surface area contributed by atoms with Gasteiger partial charge in [0, 0.05) is 25.3 Å². The number of imidazole rings is 1. The number of aryl methyl sites for hydroxylation is 1. The number of aliphatic hydroxyl groups is 1. The molecule has 0 radical (unpaired) electrons. The van der Waals surface area contributed by atoms with E-state index in [2.05, 4.69) is 25.2 Å². The Morgan fingerprint density at radius 2 is 1.79 bits per heavy atom. The number of fused-ring (bicyclic) bond motifs is 1. The van der Waals surface area contributed by atoms with E-state index < -0.39 is 17.3 Å². The highest BCUT2D eigenvalue weighted by atomic mass is 35.5. The number of nitrogens with one attached hydrogen (secondary N) is 2. The number of hydrogen-bond acceptors (Lipinski definition) is 6. The predicted octanol–water partition coefficient (Wildman–Crippen LogP) is 5.30. The highest BCUT2D eigenvalue weighted by Gasteiger charge is 2.38. The number of H-pyrrole nitrogens is 1. The molecule has 0 saturated carbocycles. The lowest BCUT2D eigenvalue weighted by atomic mass is 9.83. The molecule has 3 N–H and O–H groups in total. The topological polar surface area (TPSA) is 99.1 Å². The number of nitrogens with zero attached hydrogens (tertiary/aromatic N) is 4. The van der Waals surface area contributed by atoms with Crippen LogP contribution in [0.5, 0.6) is 0 Å². The van der Waals surface area contributed by atoms with E-state index in [1.165, 1.54) is 12.1 Å². The molecule has 1 saturated heterocycles. The van der Waals surface area contributed by atoms with Gasteiger partial charge in [-0.1, -0.05) is 35.9 Å². The maximum absolute atomic E-state index is 13.3. The van der Waals surface area contributed by atoms with Crippen LogP contribution in [0.3, 0.4) is 0 Å². The van der Waals surface area contributed by atoms with Gasteiger partial charge in [-0.15, -0.1) is 0 Å². The van der Waals surface area contributed by atoms with E-state index in [0.717, 1.165) is 31.1 Å². The molecule has 0 spiro atoms. The minimum Gasteiger partial charge on any atom is -0.385 e. The Morgan fingerprint density at radius 3 is 2.51 bits per heavy atom. The first-order valence-corrected chi connectivity index (χ1v) is 13.1. The lowest BCUT2D eigenvalue weighted by Gasteiger charge is -2.39. The van der Waals surface area contributed by atoms with Crippen molar-refractivity contribution < 1.29 is 18.3 Å². The highest BCUT2D eigenvalue weighted by Crippen LogP contribution is 2.40. The molecule has 12 heteroatoms. The monoisotopic (exact) mass is 560 g/mol. The molecule has 8 nitrogen and oxygen atoms in total. The van der Waals surface area contributed by atoms with Crippen LogP contribution in [0.2, 0.25) is 5.02 Å². The van der Waals surface area contributed by atoms with Gasteiger partial charge in [-0.05, 0) is 62.1 Å². The molecule has 0 atom stereocenters. The molecule has 2 aromatic carbocycles. The summed E-state index contributed by atoms with van der Waals surface area (Å²) in [7, 11) is 0. The SMILES string of the molecule is O=c1[nH]c(Nc2ccccc2)nc2c1ncn2CCCCN1CCC(O)(c2ccc(Cl)c(C(F)(F)F)c2)CC1. The first kappa shape index (κ1) is 27.2. The second kappa shape index (κ2) is 11.0. The first-order chi connectivity index (χ1) is 18.6. The maximum atomic E-state index is 13.3. The van der Waals surface area contributed by atoms with Crippen LogP contribution in [0.4, 0.5) is 24.8 Å². The highest BCUT2D eigenvalue weighted by molar-refractivity contribution is 6.31. The number of rotatable bonds is 8. The van der Waals surface area contributed by atoms with Crippen LogP contribution in [-0.2, 0) is 18.3 Å². The fourth-order valence-electron chi connectivity index (χ4n) is 4.92. The van der Waals surface area contributed by atoms with Crippen molar-refractivity contribution in [3.63, 3.8) is 0 Å². The van der Waals surface area contributed by atoms with Gasteiger partial charge in [0.05, 0.1) is 22.5 Å². The largest absolute Gasteiger partial charge is 0.417 e. The zero-order valence-corrected chi connectivity index (χ0v) is 21.8. The van der Waals surface area contributed by atoms with Crippen molar-refractivity contribution in [2.24, 2.45) is 0 Å². The number of aromatic nitrogens is 4. The van der Waals surface area contributed by atoms with E-state index in [9.17, 15) is 23.1 Å².